The molecule has 0 atom stereocenters. The molecule has 1 aliphatic carbocycles. The third-order valence-electron chi connectivity index (χ3n) is 3.42. The molecule has 0 saturated carbocycles. The van der Waals surface area contributed by atoms with Crippen LogP contribution in [0.5, 0.6) is 0 Å². The Kier molecular flexibility index (Phi) is 20.1. The van der Waals surface area contributed by atoms with Gasteiger partial charge in [0.15, 0.2) is 0 Å². The number of benzene rings is 1. The third kappa shape index (κ3) is 12.5. The normalized spacial score (nSPS) is 11.2. The topological polar surface area (TPSA) is 0 Å². The molecule has 0 nitrogen and oxygen atoms in total. The number of allylic oxidation sites excluding steroid dienone is 4. The van der Waals surface area contributed by atoms with Crippen LogP contribution in [-0.4, -0.2) is 16.6 Å². The maximum absolute atomic E-state index is 3.05. The van der Waals surface area contributed by atoms with Crippen LogP contribution < -0.4 is 24.8 Å². The molecule has 128 valence electrons. The average Bonchev–Trinajstić information content (AvgIpc) is 3.10. The summed E-state index contributed by atoms with van der Waals surface area (Å²) in [4.78, 5) is 0. The van der Waals surface area contributed by atoms with Gasteiger partial charge in [-0.15, -0.1) is 43.0 Å². The standard InChI is InChI=1S/C9H7.C6H7.C4H12Si2.2ClH.Hf/c1-2-5-9-7-3-6-8(9)4-1;1-6-4-2-3-5-6;1-5(2)6(3)4;;;/h1-7H;4-5H,2H2,1H3;1-4H3;2*1H;/q2*-1;;;;+4/p-2. The van der Waals surface area contributed by atoms with Gasteiger partial charge in [0.05, 0.1) is 0 Å². The Labute approximate surface area is 182 Å². The second kappa shape index (κ2) is 16.7. The van der Waals surface area contributed by atoms with E-state index in [4.69, 9.17) is 0 Å². The third-order valence-corrected chi connectivity index (χ3v) is 11.4. The van der Waals surface area contributed by atoms with Crippen LogP contribution in [0.2, 0.25) is 26.2 Å². The van der Waals surface area contributed by atoms with E-state index in [-0.39, 0.29) is 67.3 Å². The molecule has 0 aliphatic heterocycles. The molecule has 0 spiro atoms. The van der Waals surface area contributed by atoms with Crippen molar-refractivity contribution in [1.82, 2.24) is 0 Å². The van der Waals surface area contributed by atoms with Crippen LogP contribution in [-0.2, 0) is 25.8 Å². The predicted octanol–water partition coefficient (Wildman–Crippen LogP) is -0.166. The molecule has 0 saturated heterocycles. The van der Waals surface area contributed by atoms with Crippen molar-refractivity contribution in [3.05, 3.63) is 66.3 Å². The van der Waals surface area contributed by atoms with Gasteiger partial charge in [0.2, 0.25) is 0 Å². The van der Waals surface area contributed by atoms with E-state index >= 15 is 0 Å². The summed E-state index contributed by atoms with van der Waals surface area (Å²) in [7, 11) is 0.300. The van der Waals surface area contributed by atoms with Crippen molar-refractivity contribution < 1.29 is 50.7 Å². The minimum absolute atomic E-state index is 0. The van der Waals surface area contributed by atoms with Gasteiger partial charge in [-0.3, -0.25) is 6.08 Å². The molecule has 5 heteroatoms. The van der Waals surface area contributed by atoms with Crippen LogP contribution in [0.3, 0.4) is 0 Å². The zero-order valence-corrected chi connectivity index (χ0v) is 22.3. The fourth-order valence-electron chi connectivity index (χ4n) is 1.57. The molecule has 1 aliphatic rings. The summed E-state index contributed by atoms with van der Waals surface area (Å²) in [5.41, 5.74) is 1.34. The number of halogens is 2. The predicted molar refractivity (Wildman–Crippen MR) is 101 cm³/mol. The van der Waals surface area contributed by atoms with Gasteiger partial charge in [-0.2, -0.15) is 23.6 Å². The molecule has 0 bridgehead atoms. The Morgan fingerprint density at radius 1 is 0.958 bits per heavy atom. The largest absolute Gasteiger partial charge is 4.00 e. The molecule has 0 amide bonds. The summed E-state index contributed by atoms with van der Waals surface area (Å²) >= 11 is 0. The second-order valence-electron chi connectivity index (χ2n) is 5.66. The molecule has 0 unspecified atom stereocenters. The summed E-state index contributed by atoms with van der Waals surface area (Å²) < 4.78 is 0. The first-order chi connectivity index (χ1) is 10.0. The molecule has 0 heterocycles. The van der Waals surface area contributed by atoms with Gasteiger partial charge in [0, 0.05) is 16.6 Å². The number of fused-ring (bicyclic) bond motifs is 1. The van der Waals surface area contributed by atoms with Gasteiger partial charge >= 0.3 is 25.8 Å². The van der Waals surface area contributed by atoms with E-state index in [1.165, 1.54) is 16.3 Å². The monoisotopic (exact) mass is 560 g/mol. The van der Waals surface area contributed by atoms with Crippen molar-refractivity contribution in [2.75, 3.05) is 0 Å². The Hall–Kier alpha value is 0.194. The molecule has 2 radical (unpaired) electrons. The molecule has 2 aromatic rings. The first-order valence-corrected chi connectivity index (χ1v) is 13.4. The van der Waals surface area contributed by atoms with Crippen LogP contribution in [0.4, 0.5) is 0 Å². The van der Waals surface area contributed by atoms with Crippen molar-refractivity contribution in [3.63, 3.8) is 0 Å². The van der Waals surface area contributed by atoms with Crippen LogP contribution in [0, 0.1) is 6.08 Å². The minimum atomic E-state index is 0. The quantitative estimate of drug-likeness (QED) is 0.336. The molecule has 0 aromatic heterocycles. The summed E-state index contributed by atoms with van der Waals surface area (Å²) in [6.45, 7) is 11.6. The van der Waals surface area contributed by atoms with Crippen molar-refractivity contribution in [2.45, 2.75) is 39.5 Å². The molecule has 24 heavy (non-hydrogen) atoms. The van der Waals surface area contributed by atoms with E-state index in [0.717, 1.165) is 6.42 Å². The van der Waals surface area contributed by atoms with Crippen LogP contribution >= 0.6 is 0 Å². The van der Waals surface area contributed by atoms with E-state index in [1.807, 2.05) is 6.08 Å². The van der Waals surface area contributed by atoms with Crippen molar-refractivity contribution >= 4 is 27.4 Å². The van der Waals surface area contributed by atoms with Gasteiger partial charge in [-0.05, 0) is 0 Å². The number of hydrogen-bond donors (Lipinski definition) is 0. The van der Waals surface area contributed by atoms with Crippen LogP contribution in [0.1, 0.15) is 13.3 Å². The van der Waals surface area contributed by atoms with Gasteiger partial charge in [-0.25, -0.2) is 11.6 Å². The van der Waals surface area contributed by atoms with Crippen LogP contribution in [0.15, 0.2) is 60.2 Å². The molecular formula is C19H26Cl2HfSi2. The summed E-state index contributed by atoms with van der Waals surface area (Å²) in [6, 6.07) is 14.7. The van der Waals surface area contributed by atoms with E-state index in [1.54, 1.807) is 0 Å². The molecule has 3 rings (SSSR count). The average molecular weight is 560 g/mol. The Balaban J connectivity index is -0.000000268. The van der Waals surface area contributed by atoms with E-state index < -0.39 is 0 Å². The van der Waals surface area contributed by atoms with E-state index in [0.29, 0.717) is 0 Å². The van der Waals surface area contributed by atoms with Crippen molar-refractivity contribution in [2.24, 2.45) is 0 Å². The second-order valence-corrected chi connectivity index (χ2v) is 15.7. The van der Waals surface area contributed by atoms with E-state index in [2.05, 4.69) is 87.7 Å². The van der Waals surface area contributed by atoms with Crippen molar-refractivity contribution in [1.29, 1.82) is 0 Å². The van der Waals surface area contributed by atoms with Gasteiger partial charge in [-0.1, -0.05) is 32.3 Å². The smallest absolute Gasteiger partial charge is 1.00 e. The van der Waals surface area contributed by atoms with Gasteiger partial charge in [0.25, 0.3) is 0 Å². The fourth-order valence-corrected chi connectivity index (χ4v) is 1.57. The first kappa shape index (κ1) is 29.0. The minimum Gasteiger partial charge on any atom is -1.00 e. The first-order valence-electron chi connectivity index (χ1n) is 7.45. The summed E-state index contributed by atoms with van der Waals surface area (Å²) in [5.74, 6) is 0. The SMILES string of the molecule is CC1=CC[C-]=C1.C[Si](C)[Si](C)C.[Cl-].[Cl-].[Hf+4].c1ccc2[cH-]ccc2c1. The Morgan fingerprint density at radius 2 is 1.54 bits per heavy atom. The van der Waals surface area contributed by atoms with E-state index in [9.17, 15) is 0 Å². The zero-order valence-electron chi connectivity index (χ0n) is 15.2. The molecule has 0 fully saturated rings. The maximum atomic E-state index is 3.05. The van der Waals surface area contributed by atoms with Gasteiger partial charge in [0.1, 0.15) is 0 Å². The maximum Gasteiger partial charge on any atom is 4.00 e. The zero-order chi connectivity index (χ0) is 15.7. The van der Waals surface area contributed by atoms with Crippen molar-refractivity contribution in [3.8, 4) is 0 Å². The number of rotatable bonds is 1. The summed E-state index contributed by atoms with van der Waals surface area (Å²) in [6.07, 6.45) is 8.24. The summed E-state index contributed by atoms with van der Waals surface area (Å²) in [5, 5.41) is 2.66. The molecular weight excluding hydrogens is 534 g/mol. The molecule has 2 aromatic carbocycles. The number of hydrogen-bond acceptors (Lipinski definition) is 0. The van der Waals surface area contributed by atoms with Crippen LogP contribution in [0.25, 0.3) is 10.8 Å². The Bertz CT molecular complexity index is 551. The van der Waals surface area contributed by atoms with Gasteiger partial charge < -0.3 is 24.8 Å². The fraction of sp³-hybridized carbons (Fsp3) is 0.316. The molecule has 0 N–H and O–H groups in total. The Morgan fingerprint density at radius 3 is 1.92 bits per heavy atom.